The molecule has 10 atom stereocenters. The van der Waals surface area contributed by atoms with Gasteiger partial charge in [0.1, 0.15) is 72.5 Å². The van der Waals surface area contributed by atoms with Gasteiger partial charge >= 0.3 is 5.97 Å². The second-order valence-electron chi connectivity index (χ2n) is 9.81. The van der Waals surface area contributed by atoms with E-state index in [4.69, 9.17) is 28.4 Å². The van der Waals surface area contributed by atoms with E-state index in [2.05, 4.69) is 0 Å². The standard InChI is InChI=1S/C27H34O16/c1-38-24-14(41-27-23(36)21(34)19(32)16(9-29)43-27)7-6-12(30)17(24)25(37)39-10-11-4-2-3-5-13(11)40-26-22(35)20(33)18(31)15(8-28)42-26/h2-7,15-16,18-23,26-36H,8-10H2,1H3/t15-,16-,18-,19-,20+,21+,22+,23-,26-,27-/m1/s1. The van der Waals surface area contributed by atoms with Crippen LogP contribution >= 0.6 is 0 Å². The summed E-state index contributed by atoms with van der Waals surface area (Å²) in [7, 11) is 1.16. The predicted octanol–water partition coefficient (Wildman–Crippen LogP) is -2.88. The summed E-state index contributed by atoms with van der Waals surface area (Å²) < 4.78 is 32.6. The second kappa shape index (κ2) is 14.0. The van der Waals surface area contributed by atoms with Gasteiger partial charge in [-0.2, -0.15) is 0 Å². The van der Waals surface area contributed by atoms with Crippen molar-refractivity contribution in [3.8, 4) is 23.0 Å². The van der Waals surface area contributed by atoms with Crippen LogP contribution in [0.4, 0.5) is 0 Å². The molecule has 0 bridgehead atoms. The highest BCUT2D eigenvalue weighted by Crippen LogP contribution is 2.39. The zero-order chi connectivity index (χ0) is 31.4. The van der Waals surface area contributed by atoms with Crippen molar-refractivity contribution >= 4 is 5.97 Å². The Labute approximate surface area is 244 Å². The maximum Gasteiger partial charge on any atom is 0.346 e. The number of esters is 1. The number of aliphatic hydroxyl groups excluding tert-OH is 8. The first-order valence-electron chi connectivity index (χ1n) is 13.1. The fourth-order valence-corrected chi connectivity index (χ4v) is 4.58. The van der Waals surface area contributed by atoms with E-state index in [1.807, 2.05) is 0 Å². The molecule has 9 N–H and O–H groups in total. The van der Waals surface area contributed by atoms with E-state index in [1.54, 1.807) is 12.1 Å². The zero-order valence-electron chi connectivity index (χ0n) is 22.7. The van der Waals surface area contributed by atoms with Gasteiger partial charge in [0, 0.05) is 5.56 Å². The van der Waals surface area contributed by atoms with Crippen LogP contribution in [0.15, 0.2) is 36.4 Å². The van der Waals surface area contributed by atoms with Gasteiger partial charge in [0.25, 0.3) is 0 Å². The fraction of sp³-hybridized carbons (Fsp3) is 0.519. The number of para-hydroxylation sites is 1. The molecule has 0 aliphatic carbocycles. The van der Waals surface area contributed by atoms with E-state index in [0.29, 0.717) is 0 Å². The minimum Gasteiger partial charge on any atom is -0.507 e. The summed E-state index contributed by atoms with van der Waals surface area (Å²) in [5, 5.41) is 90.0. The molecule has 2 heterocycles. The van der Waals surface area contributed by atoms with E-state index in [0.717, 1.165) is 13.2 Å². The smallest absolute Gasteiger partial charge is 0.346 e. The summed E-state index contributed by atoms with van der Waals surface area (Å²) in [5.74, 6) is -2.13. The summed E-state index contributed by atoms with van der Waals surface area (Å²) >= 11 is 0. The van der Waals surface area contributed by atoms with Gasteiger partial charge < -0.3 is 74.4 Å². The maximum absolute atomic E-state index is 13.1. The Balaban J connectivity index is 1.50. The van der Waals surface area contributed by atoms with E-state index in [-0.39, 0.29) is 22.8 Å². The molecule has 0 saturated carbocycles. The number of methoxy groups -OCH3 is 1. The van der Waals surface area contributed by atoms with Crippen LogP contribution in [0.25, 0.3) is 0 Å². The van der Waals surface area contributed by atoms with Crippen LogP contribution in [0, 0.1) is 0 Å². The molecule has 238 valence electrons. The van der Waals surface area contributed by atoms with Crippen LogP contribution in [-0.4, -0.2) is 134 Å². The van der Waals surface area contributed by atoms with Gasteiger partial charge in [0.2, 0.25) is 12.6 Å². The lowest BCUT2D eigenvalue weighted by molar-refractivity contribution is -0.277. The van der Waals surface area contributed by atoms with Crippen molar-refractivity contribution < 1.29 is 79.2 Å². The van der Waals surface area contributed by atoms with Gasteiger partial charge in [0.15, 0.2) is 11.5 Å². The highest BCUT2D eigenvalue weighted by atomic mass is 16.7. The summed E-state index contributed by atoms with van der Waals surface area (Å²) in [6.45, 7) is -1.79. The first kappa shape index (κ1) is 32.6. The highest BCUT2D eigenvalue weighted by Gasteiger charge is 2.46. The van der Waals surface area contributed by atoms with Crippen LogP contribution in [0.2, 0.25) is 0 Å². The number of hydrogen-bond donors (Lipinski definition) is 9. The Hall–Kier alpha value is -3.29. The normalized spacial score (nSPS) is 32.6. The van der Waals surface area contributed by atoms with Crippen molar-refractivity contribution in [1.82, 2.24) is 0 Å². The number of aromatic hydroxyl groups is 1. The number of hydrogen-bond acceptors (Lipinski definition) is 16. The molecule has 43 heavy (non-hydrogen) atoms. The van der Waals surface area contributed by atoms with Crippen LogP contribution in [0.5, 0.6) is 23.0 Å². The quantitative estimate of drug-likeness (QED) is 0.122. The molecule has 0 amide bonds. The molecule has 2 saturated heterocycles. The SMILES string of the molecule is COc1c(O[C@@H]2O[C@H](CO)[C@@H](O)[C@H](O)[C@H]2O)ccc(O)c1C(=O)OCc1ccccc1O[C@@H]1O[C@H](CO)[C@@H](O)[C@H](O)[C@@H]1O. The number of phenols is 1. The van der Waals surface area contributed by atoms with Crippen molar-refractivity contribution in [2.45, 2.75) is 68.0 Å². The van der Waals surface area contributed by atoms with Gasteiger partial charge in [-0.25, -0.2) is 4.79 Å². The average Bonchev–Trinajstić information content (AvgIpc) is 3.01. The summed E-state index contributed by atoms with van der Waals surface area (Å²) in [4.78, 5) is 13.1. The molecule has 0 aromatic heterocycles. The number of aliphatic hydroxyl groups is 8. The summed E-state index contributed by atoms with van der Waals surface area (Å²) in [5.41, 5.74) is -0.211. The zero-order valence-corrected chi connectivity index (χ0v) is 22.7. The molecular weight excluding hydrogens is 580 g/mol. The van der Waals surface area contributed by atoms with Crippen molar-refractivity contribution in [1.29, 1.82) is 0 Å². The maximum atomic E-state index is 13.1. The molecule has 0 spiro atoms. The lowest BCUT2D eigenvalue weighted by Gasteiger charge is -2.39. The Morgan fingerprint density at radius 1 is 0.744 bits per heavy atom. The molecular formula is C27H34O16. The molecule has 0 unspecified atom stereocenters. The minimum atomic E-state index is -1.76. The number of carbonyl (C=O) groups excluding carboxylic acids is 1. The van der Waals surface area contributed by atoms with E-state index in [9.17, 15) is 50.8 Å². The third-order valence-electron chi connectivity index (χ3n) is 7.02. The molecule has 2 aromatic rings. The van der Waals surface area contributed by atoms with Crippen molar-refractivity contribution in [2.75, 3.05) is 20.3 Å². The molecule has 16 nitrogen and oxygen atoms in total. The molecule has 2 aromatic carbocycles. The van der Waals surface area contributed by atoms with Crippen molar-refractivity contribution in [2.24, 2.45) is 0 Å². The first-order chi connectivity index (χ1) is 20.5. The molecule has 2 aliphatic rings. The van der Waals surface area contributed by atoms with E-state index in [1.165, 1.54) is 18.2 Å². The Kier molecular flexibility index (Phi) is 10.6. The van der Waals surface area contributed by atoms with Crippen LogP contribution < -0.4 is 14.2 Å². The Bertz CT molecular complexity index is 1240. The molecule has 2 aliphatic heterocycles. The summed E-state index contributed by atoms with van der Waals surface area (Å²) in [6.07, 6.45) is -15.6. The molecule has 0 radical (unpaired) electrons. The van der Waals surface area contributed by atoms with Gasteiger partial charge in [0.05, 0.1) is 20.3 Å². The van der Waals surface area contributed by atoms with Crippen molar-refractivity contribution in [3.63, 3.8) is 0 Å². The summed E-state index contributed by atoms with van der Waals surface area (Å²) in [6, 6.07) is 8.40. The van der Waals surface area contributed by atoms with Crippen LogP contribution in [0.3, 0.4) is 0 Å². The van der Waals surface area contributed by atoms with E-state index < -0.39 is 98.5 Å². The second-order valence-corrected chi connectivity index (χ2v) is 9.81. The fourth-order valence-electron chi connectivity index (χ4n) is 4.58. The Morgan fingerprint density at radius 2 is 1.28 bits per heavy atom. The topological polar surface area (TPSA) is 255 Å². The van der Waals surface area contributed by atoms with Crippen LogP contribution in [0.1, 0.15) is 15.9 Å². The highest BCUT2D eigenvalue weighted by molar-refractivity contribution is 5.96. The van der Waals surface area contributed by atoms with Gasteiger partial charge in [-0.1, -0.05) is 18.2 Å². The van der Waals surface area contributed by atoms with Gasteiger partial charge in [-0.05, 0) is 18.2 Å². The number of benzene rings is 2. The van der Waals surface area contributed by atoms with Crippen molar-refractivity contribution in [3.05, 3.63) is 47.5 Å². The molecule has 4 rings (SSSR count). The van der Waals surface area contributed by atoms with Gasteiger partial charge in [-0.3, -0.25) is 0 Å². The number of carbonyl (C=O) groups is 1. The first-order valence-corrected chi connectivity index (χ1v) is 13.1. The lowest BCUT2D eigenvalue weighted by Crippen LogP contribution is -2.60. The number of phenolic OH excluding ortho intramolecular Hbond substituents is 1. The molecule has 16 heteroatoms. The monoisotopic (exact) mass is 614 g/mol. The van der Waals surface area contributed by atoms with Gasteiger partial charge in [-0.15, -0.1) is 0 Å². The van der Waals surface area contributed by atoms with Crippen LogP contribution in [-0.2, 0) is 20.8 Å². The lowest BCUT2D eigenvalue weighted by atomic mass is 9.99. The average molecular weight is 615 g/mol. The predicted molar refractivity (Wildman–Crippen MR) is 139 cm³/mol. The third-order valence-corrected chi connectivity index (χ3v) is 7.02. The molecule has 2 fully saturated rings. The minimum absolute atomic E-state index is 0.0653. The Morgan fingerprint density at radius 3 is 1.81 bits per heavy atom. The largest absolute Gasteiger partial charge is 0.507 e. The van der Waals surface area contributed by atoms with E-state index >= 15 is 0 Å². The number of ether oxygens (including phenoxy) is 6. The number of rotatable bonds is 10. The third kappa shape index (κ3) is 6.78.